The van der Waals surface area contributed by atoms with E-state index in [-0.39, 0.29) is 11.9 Å². The summed E-state index contributed by atoms with van der Waals surface area (Å²) in [5.74, 6) is -0.193. The molecule has 0 aliphatic carbocycles. The van der Waals surface area contributed by atoms with E-state index in [1.807, 2.05) is 6.07 Å². The molecule has 1 heterocycles. The number of halogens is 2. The SMILES string of the molecule is CCNC(Cc1cc(F)cc(Br)c1)c1ccc(C)s1. The summed E-state index contributed by atoms with van der Waals surface area (Å²) < 4.78 is 14.2. The molecule has 1 nitrogen and oxygen atoms in total. The van der Waals surface area contributed by atoms with Gasteiger partial charge in [0.1, 0.15) is 5.82 Å². The van der Waals surface area contributed by atoms with Crippen molar-refractivity contribution in [2.24, 2.45) is 0 Å². The van der Waals surface area contributed by atoms with E-state index in [1.54, 1.807) is 17.4 Å². The van der Waals surface area contributed by atoms with Crippen LogP contribution in [0, 0.1) is 12.7 Å². The first-order valence-corrected chi connectivity index (χ1v) is 7.94. The number of hydrogen-bond acceptors (Lipinski definition) is 2. The van der Waals surface area contributed by atoms with Gasteiger partial charge in [0, 0.05) is 20.3 Å². The molecule has 0 saturated carbocycles. The second-order valence-electron chi connectivity index (χ2n) is 4.54. The highest BCUT2D eigenvalue weighted by molar-refractivity contribution is 9.10. The van der Waals surface area contributed by atoms with E-state index in [2.05, 4.69) is 47.2 Å². The molecule has 2 rings (SSSR count). The maximum absolute atomic E-state index is 13.4. The highest BCUT2D eigenvalue weighted by Crippen LogP contribution is 2.27. The number of hydrogen-bond donors (Lipinski definition) is 1. The summed E-state index contributed by atoms with van der Waals surface area (Å²) in [6, 6.07) is 9.61. The van der Waals surface area contributed by atoms with E-state index in [0.29, 0.717) is 0 Å². The van der Waals surface area contributed by atoms with Gasteiger partial charge in [-0.1, -0.05) is 22.9 Å². The Labute approximate surface area is 126 Å². The van der Waals surface area contributed by atoms with E-state index >= 15 is 0 Å². The van der Waals surface area contributed by atoms with Gasteiger partial charge in [-0.05, 0) is 55.8 Å². The fourth-order valence-electron chi connectivity index (χ4n) is 2.12. The quantitative estimate of drug-likeness (QED) is 0.819. The third kappa shape index (κ3) is 4.13. The van der Waals surface area contributed by atoms with Gasteiger partial charge >= 0.3 is 0 Å². The van der Waals surface area contributed by atoms with Crippen molar-refractivity contribution in [1.29, 1.82) is 0 Å². The minimum Gasteiger partial charge on any atom is -0.309 e. The number of aryl methyl sites for hydroxylation is 1. The fraction of sp³-hybridized carbons (Fsp3) is 0.333. The van der Waals surface area contributed by atoms with Crippen LogP contribution in [-0.4, -0.2) is 6.54 Å². The van der Waals surface area contributed by atoms with Crippen LogP contribution in [0.15, 0.2) is 34.8 Å². The molecular formula is C15H17BrFNS. The summed E-state index contributed by atoms with van der Waals surface area (Å²) in [6.07, 6.45) is 0.796. The summed E-state index contributed by atoms with van der Waals surface area (Å²) in [5.41, 5.74) is 1.00. The first-order valence-electron chi connectivity index (χ1n) is 6.33. The molecule has 0 radical (unpaired) electrons. The lowest BCUT2D eigenvalue weighted by molar-refractivity contribution is 0.554. The lowest BCUT2D eigenvalue weighted by Gasteiger charge is -2.16. The molecule has 4 heteroatoms. The van der Waals surface area contributed by atoms with E-state index in [0.717, 1.165) is 23.0 Å². The third-order valence-electron chi connectivity index (χ3n) is 2.92. The molecule has 0 spiro atoms. The molecule has 102 valence electrons. The molecule has 1 atom stereocenters. The number of nitrogens with one attached hydrogen (secondary N) is 1. The lowest BCUT2D eigenvalue weighted by Crippen LogP contribution is -2.22. The minimum absolute atomic E-state index is 0.193. The van der Waals surface area contributed by atoms with Gasteiger partial charge < -0.3 is 5.32 Å². The average molecular weight is 342 g/mol. The van der Waals surface area contributed by atoms with Crippen LogP contribution in [0.1, 0.15) is 28.3 Å². The van der Waals surface area contributed by atoms with Gasteiger partial charge in [-0.25, -0.2) is 4.39 Å². The van der Waals surface area contributed by atoms with Crippen LogP contribution in [0.4, 0.5) is 4.39 Å². The molecule has 0 fully saturated rings. The molecule has 0 saturated heterocycles. The van der Waals surface area contributed by atoms with Crippen LogP contribution >= 0.6 is 27.3 Å². The Morgan fingerprint density at radius 2 is 2.11 bits per heavy atom. The standard InChI is InChI=1S/C15H17BrFNS/c1-3-18-14(15-5-4-10(2)19-15)8-11-6-12(16)9-13(17)7-11/h4-7,9,14,18H,3,8H2,1-2H3. The normalized spacial score (nSPS) is 12.6. The molecule has 0 aliphatic rings. The van der Waals surface area contributed by atoms with Crippen molar-refractivity contribution in [3.63, 3.8) is 0 Å². The Bertz CT molecular complexity index is 533. The zero-order chi connectivity index (χ0) is 13.8. The molecule has 1 aromatic carbocycles. The molecule has 1 N–H and O–H groups in total. The maximum Gasteiger partial charge on any atom is 0.124 e. The monoisotopic (exact) mass is 341 g/mol. The van der Waals surface area contributed by atoms with E-state index in [4.69, 9.17) is 0 Å². The molecule has 0 amide bonds. The summed E-state index contributed by atoms with van der Waals surface area (Å²) in [6.45, 7) is 5.10. The van der Waals surface area contributed by atoms with Crippen LogP contribution in [-0.2, 0) is 6.42 Å². The van der Waals surface area contributed by atoms with Crippen molar-refractivity contribution < 1.29 is 4.39 Å². The van der Waals surface area contributed by atoms with E-state index in [9.17, 15) is 4.39 Å². The van der Waals surface area contributed by atoms with Crippen molar-refractivity contribution in [2.45, 2.75) is 26.3 Å². The van der Waals surface area contributed by atoms with Gasteiger partial charge in [0.25, 0.3) is 0 Å². The minimum atomic E-state index is -0.193. The molecular weight excluding hydrogens is 325 g/mol. The zero-order valence-corrected chi connectivity index (χ0v) is 13.4. The predicted octanol–water partition coefficient (Wildman–Crippen LogP) is 4.85. The Morgan fingerprint density at radius 1 is 1.32 bits per heavy atom. The molecule has 2 aromatic rings. The van der Waals surface area contributed by atoms with E-state index < -0.39 is 0 Å². The van der Waals surface area contributed by atoms with Crippen LogP contribution in [0.5, 0.6) is 0 Å². The van der Waals surface area contributed by atoms with Gasteiger partial charge in [-0.2, -0.15) is 0 Å². The van der Waals surface area contributed by atoms with Crippen LogP contribution in [0.3, 0.4) is 0 Å². The van der Waals surface area contributed by atoms with Crippen LogP contribution in [0.2, 0.25) is 0 Å². The summed E-state index contributed by atoms with van der Waals surface area (Å²) in [7, 11) is 0. The number of likely N-dealkylation sites (N-methyl/N-ethyl adjacent to an activating group) is 1. The first-order chi connectivity index (χ1) is 9.08. The molecule has 1 aromatic heterocycles. The van der Waals surface area contributed by atoms with Crippen molar-refractivity contribution in [2.75, 3.05) is 6.54 Å². The van der Waals surface area contributed by atoms with Gasteiger partial charge in [0.15, 0.2) is 0 Å². The number of rotatable bonds is 5. The average Bonchev–Trinajstić information content (AvgIpc) is 2.74. The highest BCUT2D eigenvalue weighted by Gasteiger charge is 2.13. The van der Waals surface area contributed by atoms with Crippen molar-refractivity contribution in [3.8, 4) is 0 Å². The summed E-state index contributed by atoms with van der Waals surface area (Å²) in [5, 5.41) is 3.47. The van der Waals surface area contributed by atoms with Gasteiger partial charge in [-0.3, -0.25) is 0 Å². The topological polar surface area (TPSA) is 12.0 Å². The molecule has 19 heavy (non-hydrogen) atoms. The highest BCUT2D eigenvalue weighted by atomic mass is 79.9. The van der Waals surface area contributed by atoms with Crippen molar-refractivity contribution >= 4 is 27.3 Å². The Kier molecular flexibility index (Phi) is 5.13. The molecule has 0 aliphatic heterocycles. The second-order valence-corrected chi connectivity index (χ2v) is 6.78. The van der Waals surface area contributed by atoms with Crippen molar-refractivity contribution in [1.82, 2.24) is 5.32 Å². The Hall–Kier alpha value is -0.710. The van der Waals surface area contributed by atoms with E-state index in [1.165, 1.54) is 15.8 Å². The lowest BCUT2D eigenvalue weighted by atomic mass is 10.0. The molecule has 1 unspecified atom stereocenters. The van der Waals surface area contributed by atoms with Gasteiger partial charge in [-0.15, -0.1) is 11.3 Å². The molecule has 0 bridgehead atoms. The largest absolute Gasteiger partial charge is 0.309 e. The first kappa shape index (κ1) is 14.7. The van der Waals surface area contributed by atoms with Gasteiger partial charge in [0.2, 0.25) is 0 Å². The third-order valence-corrected chi connectivity index (χ3v) is 4.49. The maximum atomic E-state index is 13.4. The predicted molar refractivity (Wildman–Crippen MR) is 83.3 cm³/mol. The van der Waals surface area contributed by atoms with Crippen molar-refractivity contribution in [3.05, 3.63) is 55.9 Å². The van der Waals surface area contributed by atoms with Crippen LogP contribution < -0.4 is 5.32 Å². The summed E-state index contributed by atoms with van der Waals surface area (Å²) in [4.78, 5) is 2.61. The Balaban J connectivity index is 2.20. The number of benzene rings is 1. The zero-order valence-electron chi connectivity index (χ0n) is 11.0. The smallest absolute Gasteiger partial charge is 0.124 e. The second kappa shape index (κ2) is 6.64. The van der Waals surface area contributed by atoms with Gasteiger partial charge in [0.05, 0.1) is 0 Å². The fourth-order valence-corrected chi connectivity index (χ4v) is 3.59. The summed E-state index contributed by atoms with van der Waals surface area (Å²) >= 11 is 5.14. The Morgan fingerprint density at radius 3 is 2.68 bits per heavy atom. The number of thiophene rings is 1. The van der Waals surface area contributed by atoms with Crippen LogP contribution in [0.25, 0.3) is 0 Å².